The number of amides is 1. The van der Waals surface area contributed by atoms with E-state index in [9.17, 15) is 9.18 Å². The second-order valence-corrected chi connectivity index (χ2v) is 8.72. The zero-order valence-electron chi connectivity index (χ0n) is 17.2. The fourth-order valence-corrected chi connectivity index (χ4v) is 4.87. The molecule has 0 saturated carbocycles. The van der Waals surface area contributed by atoms with E-state index in [1.165, 1.54) is 17.2 Å². The van der Waals surface area contributed by atoms with Gasteiger partial charge in [0.05, 0.1) is 12.3 Å². The molecule has 0 spiro atoms. The number of carbonyl (C=O) groups is 1. The summed E-state index contributed by atoms with van der Waals surface area (Å²) in [6.45, 7) is 5.75. The summed E-state index contributed by atoms with van der Waals surface area (Å²) >= 11 is 1.57. The first-order valence-electron chi connectivity index (χ1n) is 10.2. The van der Waals surface area contributed by atoms with Crippen LogP contribution in [0.1, 0.15) is 39.5 Å². The van der Waals surface area contributed by atoms with Crippen molar-refractivity contribution in [1.29, 1.82) is 0 Å². The van der Waals surface area contributed by atoms with Crippen LogP contribution in [0.3, 0.4) is 0 Å². The van der Waals surface area contributed by atoms with E-state index < -0.39 is 0 Å². The molecule has 4 rings (SSSR count). The molecule has 1 atom stereocenters. The van der Waals surface area contributed by atoms with Crippen molar-refractivity contribution in [2.45, 2.75) is 19.4 Å². The van der Waals surface area contributed by atoms with Gasteiger partial charge in [0.1, 0.15) is 10.8 Å². The maximum atomic E-state index is 14.1. The minimum Gasteiger partial charge on any atom is -0.459 e. The number of furan rings is 1. The predicted molar refractivity (Wildman–Crippen MR) is 118 cm³/mol. The topological polar surface area (TPSA) is 48.7 Å². The number of piperazine rings is 1. The van der Waals surface area contributed by atoms with Gasteiger partial charge in [-0.25, -0.2) is 4.39 Å². The van der Waals surface area contributed by atoms with Gasteiger partial charge in [0.25, 0.3) is 5.91 Å². The fraction of sp³-hybridized carbons (Fsp3) is 0.348. The Morgan fingerprint density at radius 1 is 1.20 bits per heavy atom. The lowest BCUT2D eigenvalue weighted by atomic mass is 9.97. The Bertz CT molecular complexity index is 994. The fourth-order valence-electron chi connectivity index (χ4n) is 3.85. The molecular formula is C23H26FN3O2S. The maximum Gasteiger partial charge on any atom is 0.291 e. The highest BCUT2D eigenvalue weighted by Crippen LogP contribution is 2.40. The first-order chi connectivity index (χ1) is 14.5. The van der Waals surface area contributed by atoms with E-state index in [1.807, 2.05) is 6.07 Å². The highest BCUT2D eigenvalue weighted by molar-refractivity contribution is 7.16. The molecule has 0 radical (unpaired) electrons. The first kappa shape index (κ1) is 20.8. The van der Waals surface area contributed by atoms with Gasteiger partial charge in [-0.1, -0.05) is 19.1 Å². The van der Waals surface area contributed by atoms with E-state index in [-0.39, 0.29) is 23.5 Å². The van der Waals surface area contributed by atoms with Crippen LogP contribution in [-0.4, -0.2) is 48.9 Å². The molecule has 0 aliphatic carbocycles. The average molecular weight is 428 g/mol. The molecule has 30 heavy (non-hydrogen) atoms. The largest absolute Gasteiger partial charge is 0.459 e. The van der Waals surface area contributed by atoms with Crippen molar-refractivity contribution in [3.05, 3.63) is 76.3 Å². The van der Waals surface area contributed by atoms with E-state index in [0.29, 0.717) is 0 Å². The first-order valence-corrected chi connectivity index (χ1v) is 11.0. The number of carbonyl (C=O) groups excluding carboxylic acids is 1. The Morgan fingerprint density at radius 3 is 2.67 bits per heavy atom. The van der Waals surface area contributed by atoms with Gasteiger partial charge >= 0.3 is 0 Å². The molecule has 1 saturated heterocycles. The van der Waals surface area contributed by atoms with E-state index in [4.69, 9.17) is 4.42 Å². The molecule has 1 aromatic carbocycles. The number of anilines is 1. The number of halogens is 1. The van der Waals surface area contributed by atoms with Gasteiger partial charge in [0.2, 0.25) is 0 Å². The normalized spacial score (nSPS) is 16.5. The number of hydrogen-bond acceptors (Lipinski definition) is 5. The van der Waals surface area contributed by atoms with Crippen LogP contribution in [0.25, 0.3) is 0 Å². The smallest absolute Gasteiger partial charge is 0.291 e. The number of nitrogens with zero attached hydrogens (tertiary/aromatic N) is 2. The van der Waals surface area contributed by atoms with Crippen LogP contribution in [0.15, 0.2) is 53.1 Å². The third-order valence-electron chi connectivity index (χ3n) is 5.49. The number of aryl methyl sites for hydroxylation is 1. The highest BCUT2D eigenvalue weighted by atomic mass is 32.1. The average Bonchev–Trinajstić information content (AvgIpc) is 3.40. The van der Waals surface area contributed by atoms with Crippen molar-refractivity contribution in [1.82, 2.24) is 9.80 Å². The summed E-state index contributed by atoms with van der Waals surface area (Å²) in [4.78, 5) is 18.5. The van der Waals surface area contributed by atoms with Crippen molar-refractivity contribution in [2.75, 3.05) is 38.5 Å². The molecule has 0 unspecified atom stereocenters. The molecule has 1 N–H and O–H groups in total. The van der Waals surface area contributed by atoms with E-state index in [2.05, 4.69) is 35.2 Å². The van der Waals surface area contributed by atoms with Gasteiger partial charge in [-0.05, 0) is 49.4 Å². The number of thiophene rings is 1. The molecule has 1 aliphatic heterocycles. The lowest BCUT2D eigenvalue weighted by Gasteiger charge is -2.38. The second-order valence-electron chi connectivity index (χ2n) is 7.58. The number of hydrogen-bond donors (Lipinski definition) is 1. The van der Waals surface area contributed by atoms with Crippen molar-refractivity contribution in [2.24, 2.45) is 0 Å². The van der Waals surface area contributed by atoms with Gasteiger partial charge in [0.15, 0.2) is 5.76 Å². The van der Waals surface area contributed by atoms with Gasteiger partial charge < -0.3 is 14.6 Å². The van der Waals surface area contributed by atoms with Crippen LogP contribution >= 0.6 is 11.3 Å². The Kier molecular flexibility index (Phi) is 6.32. The Balaban J connectivity index is 1.74. The van der Waals surface area contributed by atoms with E-state index in [0.717, 1.165) is 48.7 Å². The van der Waals surface area contributed by atoms with Crippen LogP contribution in [0.2, 0.25) is 0 Å². The quantitative estimate of drug-likeness (QED) is 0.623. The molecule has 5 nitrogen and oxygen atoms in total. The van der Waals surface area contributed by atoms with Crippen LogP contribution in [-0.2, 0) is 6.42 Å². The van der Waals surface area contributed by atoms with Gasteiger partial charge in [0, 0.05) is 36.6 Å². The number of benzene rings is 1. The minimum atomic E-state index is -0.276. The maximum absolute atomic E-state index is 14.1. The summed E-state index contributed by atoms with van der Waals surface area (Å²) in [5, 5.41) is 3.83. The van der Waals surface area contributed by atoms with E-state index in [1.54, 1.807) is 35.6 Å². The van der Waals surface area contributed by atoms with E-state index >= 15 is 0 Å². The highest BCUT2D eigenvalue weighted by Gasteiger charge is 2.29. The van der Waals surface area contributed by atoms with Crippen molar-refractivity contribution < 1.29 is 13.6 Å². The van der Waals surface area contributed by atoms with Crippen LogP contribution in [0, 0.1) is 5.82 Å². The van der Waals surface area contributed by atoms with Crippen molar-refractivity contribution in [3.63, 3.8) is 0 Å². The second kappa shape index (κ2) is 9.12. The summed E-state index contributed by atoms with van der Waals surface area (Å²) in [7, 11) is 2.11. The molecule has 2 aromatic heterocycles. The zero-order chi connectivity index (χ0) is 21.1. The molecule has 1 amide bonds. The monoisotopic (exact) mass is 427 g/mol. The third kappa shape index (κ3) is 4.48. The van der Waals surface area contributed by atoms with Crippen LogP contribution in [0.5, 0.6) is 0 Å². The van der Waals surface area contributed by atoms with Gasteiger partial charge in [-0.3, -0.25) is 9.69 Å². The summed E-state index contributed by atoms with van der Waals surface area (Å²) in [5.41, 5.74) is 1.90. The standard InChI is InChI=1S/C23H26FN3O2S/c1-3-18-15-19(23(30-18)25-22(28)20-8-5-13-29-20)21(16-6-4-7-17(24)14-16)27-11-9-26(2)10-12-27/h4-8,13-15,21H,3,9-12H2,1-2H3,(H,25,28)/t21-/m1/s1. The summed E-state index contributed by atoms with van der Waals surface area (Å²) in [6.07, 6.45) is 2.36. The molecule has 3 heterocycles. The summed E-state index contributed by atoms with van der Waals surface area (Å²) < 4.78 is 19.4. The summed E-state index contributed by atoms with van der Waals surface area (Å²) in [5.74, 6) is -0.254. The molecule has 7 heteroatoms. The number of nitrogens with one attached hydrogen (secondary N) is 1. The zero-order valence-corrected chi connectivity index (χ0v) is 18.0. The van der Waals surface area contributed by atoms with Gasteiger partial charge in [-0.2, -0.15) is 0 Å². The number of rotatable bonds is 6. The minimum absolute atomic E-state index is 0.127. The third-order valence-corrected chi connectivity index (χ3v) is 6.70. The Morgan fingerprint density at radius 2 is 2.00 bits per heavy atom. The summed E-state index contributed by atoms with van der Waals surface area (Å²) in [6, 6.07) is 12.2. The number of likely N-dealkylation sites (N-methyl/N-ethyl adjacent to an activating group) is 1. The lowest BCUT2D eigenvalue weighted by molar-refractivity contribution is 0.0996. The molecule has 158 valence electrons. The Labute approximate surface area is 180 Å². The predicted octanol–water partition coefficient (Wildman–Crippen LogP) is 4.63. The molecule has 1 fully saturated rings. The van der Waals surface area contributed by atoms with Crippen LogP contribution in [0.4, 0.5) is 9.39 Å². The lowest BCUT2D eigenvalue weighted by Crippen LogP contribution is -2.46. The van der Waals surface area contributed by atoms with Gasteiger partial charge in [-0.15, -0.1) is 11.3 Å². The van der Waals surface area contributed by atoms with Crippen molar-refractivity contribution >= 4 is 22.2 Å². The molecule has 3 aromatic rings. The molecule has 0 bridgehead atoms. The molecular weight excluding hydrogens is 401 g/mol. The van der Waals surface area contributed by atoms with Crippen LogP contribution < -0.4 is 5.32 Å². The SMILES string of the molecule is CCc1cc([C@@H](c2cccc(F)c2)N2CCN(C)CC2)c(NC(=O)c2ccco2)s1. The Hall–Kier alpha value is -2.48. The van der Waals surface area contributed by atoms with Crippen molar-refractivity contribution in [3.8, 4) is 0 Å². The molecule has 1 aliphatic rings.